The molecule has 0 spiro atoms. The van der Waals surface area contributed by atoms with Gasteiger partial charge in [0.15, 0.2) is 11.5 Å². The summed E-state index contributed by atoms with van der Waals surface area (Å²) in [7, 11) is 0. The summed E-state index contributed by atoms with van der Waals surface area (Å²) in [5, 5.41) is 0. The van der Waals surface area contributed by atoms with Crippen molar-refractivity contribution in [2.75, 3.05) is 6.61 Å². The van der Waals surface area contributed by atoms with Crippen LogP contribution in [-0.2, 0) is 6.42 Å². The van der Waals surface area contributed by atoms with Crippen LogP contribution in [0.25, 0.3) is 0 Å². The predicted molar refractivity (Wildman–Crippen MR) is 101 cm³/mol. The molecule has 3 rings (SSSR count). The van der Waals surface area contributed by atoms with Gasteiger partial charge in [0.1, 0.15) is 18.2 Å². The molecule has 3 aromatic carbocycles. The van der Waals surface area contributed by atoms with Crippen molar-refractivity contribution in [3.05, 3.63) is 89.7 Å². The van der Waals surface area contributed by atoms with E-state index in [0.29, 0.717) is 30.3 Å². The predicted octanol–water partition coefficient (Wildman–Crippen LogP) is 4.88. The van der Waals surface area contributed by atoms with Gasteiger partial charge < -0.3 is 15.2 Å². The summed E-state index contributed by atoms with van der Waals surface area (Å²) >= 11 is 0. The zero-order valence-electron chi connectivity index (χ0n) is 14.7. The maximum absolute atomic E-state index is 13.6. The monoisotopic (exact) mass is 351 g/mol. The molecule has 134 valence electrons. The van der Waals surface area contributed by atoms with E-state index in [2.05, 4.69) is 0 Å². The van der Waals surface area contributed by atoms with Crippen LogP contribution in [0.2, 0.25) is 0 Å². The first-order chi connectivity index (χ1) is 12.6. The lowest BCUT2D eigenvalue weighted by molar-refractivity contribution is 0.275. The summed E-state index contributed by atoms with van der Waals surface area (Å²) in [5.41, 5.74) is 8.44. The van der Waals surface area contributed by atoms with Crippen molar-refractivity contribution in [3.8, 4) is 17.2 Å². The molecule has 0 bridgehead atoms. The third-order valence-electron chi connectivity index (χ3n) is 3.95. The average molecular weight is 351 g/mol. The van der Waals surface area contributed by atoms with Crippen LogP contribution in [0.4, 0.5) is 4.39 Å². The van der Waals surface area contributed by atoms with Crippen molar-refractivity contribution in [1.82, 2.24) is 0 Å². The molecule has 0 aromatic heterocycles. The zero-order valence-corrected chi connectivity index (χ0v) is 14.7. The molecule has 0 saturated heterocycles. The zero-order chi connectivity index (χ0) is 18.4. The molecule has 3 aromatic rings. The quantitative estimate of drug-likeness (QED) is 0.660. The number of hydrogen-bond acceptors (Lipinski definition) is 3. The normalized spacial score (nSPS) is 11.8. The number of nitrogens with two attached hydrogens (primary N) is 1. The Morgan fingerprint density at radius 2 is 1.65 bits per heavy atom. The lowest BCUT2D eigenvalue weighted by Crippen LogP contribution is -2.30. The highest BCUT2D eigenvalue weighted by atomic mass is 19.1. The van der Waals surface area contributed by atoms with E-state index in [0.717, 1.165) is 11.1 Å². The number of hydrogen-bond donors (Lipinski definition) is 1. The number of rotatable bonds is 7. The standard InChI is InChI=1S/C22H22FNO2/c1-16-7-10-20(11-8-16)26-22-14-18(23)9-12-21(22)25-15-19(24)13-17-5-3-2-4-6-17/h2-12,14,19H,13,15,24H2,1H3/t19-/m0/s1. The van der Waals surface area contributed by atoms with Crippen LogP contribution in [0.3, 0.4) is 0 Å². The van der Waals surface area contributed by atoms with Crippen molar-refractivity contribution < 1.29 is 13.9 Å². The van der Waals surface area contributed by atoms with E-state index in [1.54, 1.807) is 6.07 Å². The van der Waals surface area contributed by atoms with E-state index >= 15 is 0 Å². The molecule has 2 N–H and O–H groups in total. The molecule has 0 amide bonds. The molecule has 1 atom stereocenters. The molecule has 4 heteroatoms. The van der Waals surface area contributed by atoms with Gasteiger partial charge in [0.25, 0.3) is 0 Å². The Bertz CT molecular complexity index is 835. The molecule has 0 aliphatic rings. The van der Waals surface area contributed by atoms with Crippen molar-refractivity contribution >= 4 is 0 Å². The number of aryl methyl sites for hydroxylation is 1. The van der Waals surface area contributed by atoms with Crippen molar-refractivity contribution in [3.63, 3.8) is 0 Å². The van der Waals surface area contributed by atoms with Crippen molar-refractivity contribution in [1.29, 1.82) is 0 Å². The Kier molecular flexibility index (Phi) is 5.87. The Balaban J connectivity index is 1.66. The first kappa shape index (κ1) is 18.0. The highest BCUT2D eigenvalue weighted by Crippen LogP contribution is 2.32. The third kappa shape index (κ3) is 5.07. The summed E-state index contributed by atoms with van der Waals surface area (Å²) in [5.74, 6) is 1.05. The topological polar surface area (TPSA) is 44.5 Å². The summed E-state index contributed by atoms with van der Waals surface area (Å²) in [6.45, 7) is 2.30. The lowest BCUT2D eigenvalue weighted by atomic mass is 10.1. The van der Waals surface area contributed by atoms with Gasteiger partial charge in [0.2, 0.25) is 0 Å². The molecular formula is C22H22FNO2. The van der Waals surface area contributed by atoms with Crippen LogP contribution in [0.5, 0.6) is 17.2 Å². The molecule has 0 unspecified atom stereocenters. The molecule has 0 aliphatic carbocycles. The number of benzene rings is 3. The van der Waals surface area contributed by atoms with Gasteiger partial charge >= 0.3 is 0 Å². The number of halogens is 1. The largest absolute Gasteiger partial charge is 0.488 e. The van der Waals surface area contributed by atoms with Crippen molar-refractivity contribution in [2.45, 2.75) is 19.4 Å². The number of ether oxygens (including phenoxy) is 2. The molecule has 26 heavy (non-hydrogen) atoms. The summed E-state index contributed by atoms with van der Waals surface area (Å²) in [6.07, 6.45) is 0.705. The fourth-order valence-electron chi connectivity index (χ4n) is 2.59. The first-order valence-electron chi connectivity index (χ1n) is 8.56. The Labute approximate surface area is 153 Å². The van der Waals surface area contributed by atoms with Crippen LogP contribution >= 0.6 is 0 Å². The molecule has 0 radical (unpaired) electrons. The van der Waals surface area contributed by atoms with Crippen LogP contribution < -0.4 is 15.2 Å². The maximum Gasteiger partial charge on any atom is 0.172 e. The van der Waals surface area contributed by atoms with Gasteiger partial charge in [-0.05, 0) is 43.2 Å². The van der Waals surface area contributed by atoms with Gasteiger partial charge in [0.05, 0.1) is 0 Å². The molecule has 0 heterocycles. The molecule has 3 nitrogen and oxygen atoms in total. The average Bonchev–Trinajstić information content (AvgIpc) is 2.64. The smallest absolute Gasteiger partial charge is 0.172 e. The van der Waals surface area contributed by atoms with Gasteiger partial charge in [-0.1, -0.05) is 48.0 Å². The van der Waals surface area contributed by atoms with Crippen LogP contribution in [0.1, 0.15) is 11.1 Å². The molecule has 0 saturated carbocycles. The Hall–Kier alpha value is -2.85. The second-order valence-electron chi connectivity index (χ2n) is 6.27. The second-order valence-corrected chi connectivity index (χ2v) is 6.27. The van der Waals surface area contributed by atoms with Gasteiger partial charge in [-0.3, -0.25) is 0 Å². The summed E-state index contributed by atoms with van der Waals surface area (Å²) in [4.78, 5) is 0. The van der Waals surface area contributed by atoms with E-state index < -0.39 is 0 Å². The first-order valence-corrected chi connectivity index (χ1v) is 8.56. The maximum atomic E-state index is 13.6. The fourth-order valence-corrected chi connectivity index (χ4v) is 2.59. The molecular weight excluding hydrogens is 329 g/mol. The SMILES string of the molecule is Cc1ccc(Oc2cc(F)ccc2OC[C@@H](N)Cc2ccccc2)cc1. The third-order valence-corrected chi connectivity index (χ3v) is 3.95. The fraction of sp³-hybridized carbons (Fsp3) is 0.182. The summed E-state index contributed by atoms with van der Waals surface area (Å²) in [6, 6.07) is 21.6. The van der Waals surface area contributed by atoms with Gasteiger partial charge in [-0.15, -0.1) is 0 Å². The molecule has 0 aliphatic heterocycles. The van der Waals surface area contributed by atoms with E-state index in [1.807, 2.05) is 61.5 Å². The minimum absolute atomic E-state index is 0.172. The van der Waals surface area contributed by atoms with Gasteiger partial charge in [-0.2, -0.15) is 0 Å². The van der Waals surface area contributed by atoms with E-state index in [4.69, 9.17) is 15.2 Å². The second kappa shape index (κ2) is 8.50. The van der Waals surface area contributed by atoms with Gasteiger partial charge in [-0.25, -0.2) is 4.39 Å². The van der Waals surface area contributed by atoms with E-state index in [9.17, 15) is 4.39 Å². The molecule has 0 fully saturated rings. The van der Waals surface area contributed by atoms with Crippen molar-refractivity contribution in [2.24, 2.45) is 5.73 Å². The van der Waals surface area contributed by atoms with E-state index in [1.165, 1.54) is 12.1 Å². The highest BCUT2D eigenvalue weighted by Gasteiger charge is 2.11. The Morgan fingerprint density at radius 1 is 0.923 bits per heavy atom. The highest BCUT2D eigenvalue weighted by molar-refractivity contribution is 5.43. The Morgan fingerprint density at radius 3 is 2.38 bits per heavy atom. The van der Waals surface area contributed by atoms with Crippen LogP contribution in [0, 0.1) is 12.7 Å². The summed E-state index contributed by atoms with van der Waals surface area (Å²) < 4.78 is 25.2. The van der Waals surface area contributed by atoms with E-state index in [-0.39, 0.29) is 11.9 Å². The minimum Gasteiger partial charge on any atom is -0.488 e. The minimum atomic E-state index is -0.381. The van der Waals surface area contributed by atoms with Gasteiger partial charge in [0, 0.05) is 12.1 Å². The van der Waals surface area contributed by atoms with Crippen LogP contribution in [-0.4, -0.2) is 12.6 Å². The van der Waals surface area contributed by atoms with Crippen LogP contribution in [0.15, 0.2) is 72.8 Å². The lowest BCUT2D eigenvalue weighted by Gasteiger charge is -2.16.